The van der Waals surface area contributed by atoms with Crippen LogP contribution < -0.4 is 5.32 Å². The normalized spacial score (nSPS) is 15.2. The van der Waals surface area contributed by atoms with Crippen molar-refractivity contribution in [3.63, 3.8) is 0 Å². The number of hydrogen-bond acceptors (Lipinski definition) is 2. The van der Waals surface area contributed by atoms with Crippen LogP contribution in [-0.4, -0.2) is 41.1 Å². The van der Waals surface area contributed by atoms with Gasteiger partial charge in [0.15, 0.2) is 5.11 Å². The lowest BCUT2D eigenvalue weighted by atomic mass is 10.2. The average Bonchev–Trinajstić information content (AvgIpc) is 2.61. The summed E-state index contributed by atoms with van der Waals surface area (Å²) in [7, 11) is 0. The van der Waals surface area contributed by atoms with E-state index in [0.29, 0.717) is 17.1 Å². The molecule has 0 atom stereocenters. The Balaban J connectivity index is 1.53. The minimum Gasteiger partial charge on any atom is -0.346 e. The molecule has 0 aliphatic carbocycles. The maximum absolute atomic E-state index is 13.9. The van der Waals surface area contributed by atoms with Crippen molar-refractivity contribution in [2.45, 2.75) is 13.5 Å². The Hall–Kier alpha value is -1.69. The predicted octanol–water partition coefficient (Wildman–Crippen LogP) is 4.30. The second kappa shape index (κ2) is 8.13. The molecule has 1 aliphatic heterocycles. The first kappa shape index (κ1) is 18.1. The molecule has 1 fully saturated rings. The van der Waals surface area contributed by atoms with Gasteiger partial charge in [0, 0.05) is 49.0 Å². The summed E-state index contributed by atoms with van der Waals surface area (Å²) in [6, 6.07) is 13.0. The lowest BCUT2D eigenvalue weighted by Crippen LogP contribution is -2.49. The highest BCUT2D eigenvalue weighted by Gasteiger charge is 2.20. The molecular weight excluding hydrogens is 357 g/mol. The zero-order chi connectivity index (χ0) is 17.8. The van der Waals surface area contributed by atoms with E-state index in [-0.39, 0.29) is 5.82 Å². The van der Waals surface area contributed by atoms with Gasteiger partial charge in [-0.2, -0.15) is 0 Å². The summed E-state index contributed by atoms with van der Waals surface area (Å²) in [6.07, 6.45) is 0. The molecule has 0 radical (unpaired) electrons. The topological polar surface area (TPSA) is 18.5 Å². The first-order chi connectivity index (χ1) is 12.0. The van der Waals surface area contributed by atoms with Crippen molar-refractivity contribution in [1.29, 1.82) is 0 Å². The summed E-state index contributed by atoms with van der Waals surface area (Å²) in [5.74, 6) is -0.244. The molecule has 0 amide bonds. The fraction of sp³-hybridized carbons (Fsp3) is 0.316. The van der Waals surface area contributed by atoms with Crippen molar-refractivity contribution in [1.82, 2.24) is 9.80 Å². The van der Waals surface area contributed by atoms with Crippen LogP contribution in [0.5, 0.6) is 0 Å². The van der Waals surface area contributed by atoms with Crippen LogP contribution in [0, 0.1) is 12.7 Å². The Bertz CT molecular complexity index is 723. The molecule has 25 heavy (non-hydrogen) atoms. The molecule has 132 valence electrons. The summed E-state index contributed by atoms with van der Waals surface area (Å²) in [4.78, 5) is 4.35. The Kier molecular flexibility index (Phi) is 5.89. The van der Waals surface area contributed by atoms with Gasteiger partial charge in [-0.05, 0) is 43.4 Å². The first-order valence-electron chi connectivity index (χ1n) is 8.31. The van der Waals surface area contributed by atoms with Gasteiger partial charge in [0.05, 0.1) is 0 Å². The van der Waals surface area contributed by atoms with Gasteiger partial charge in [-0.15, -0.1) is 0 Å². The summed E-state index contributed by atoms with van der Waals surface area (Å²) in [5.41, 5.74) is 2.78. The summed E-state index contributed by atoms with van der Waals surface area (Å²) in [6.45, 7) is 5.84. The SMILES string of the molecule is Cc1ccc(NC(=S)N2CCN(Cc3c(F)cccc3Cl)CC2)cc1. The van der Waals surface area contributed by atoms with Gasteiger partial charge >= 0.3 is 0 Å². The minimum atomic E-state index is -0.244. The molecular formula is C19H21ClFN3S. The second-order valence-electron chi connectivity index (χ2n) is 6.26. The third-order valence-electron chi connectivity index (χ3n) is 4.41. The number of hydrogen-bond donors (Lipinski definition) is 1. The number of thiocarbonyl (C=S) groups is 1. The molecule has 6 heteroatoms. The molecule has 1 saturated heterocycles. The lowest BCUT2D eigenvalue weighted by molar-refractivity contribution is 0.175. The fourth-order valence-corrected chi connectivity index (χ4v) is 3.38. The Morgan fingerprint density at radius 2 is 1.80 bits per heavy atom. The molecule has 1 heterocycles. The first-order valence-corrected chi connectivity index (χ1v) is 9.09. The monoisotopic (exact) mass is 377 g/mol. The molecule has 1 aliphatic rings. The molecule has 0 aromatic heterocycles. The van der Waals surface area contributed by atoms with Crippen molar-refractivity contribution in [3.05, 3.63) is 64.4 Å². The van der Waals surface area contributed by atoms with E-state index >= 15 is 0 Å². The quantitative estimate of drug-likeness (QED) is 0.803. The second-order valence-corrected chi connectivity index (χ2v) is 7.05. The number of rotatable bonds is 3. The number of piperazine rings is 1. The van der Waals surface area contributed by atoms with Gasteiger partial charge in [0.2, 0.25) is 0 Å². The number of aryl methyl sites for hydroxylation is 1. The van der Waals surface area contributed by atoms with Crippen LogP contribution >= 0.6 is 23.8 Å². The molecule has 0 saturated carbocycles. The fourth-order valence-electron chi connectivity index (χ4n) is 2.86. The van der Waals surface area contributed by atoms with Gasteiger partial charge in [0.25, 0.3) is 0 Å². The smallest absolute Gasteiger partial charge is 0.173 e. The van der Waals surface area contributed by atoms with Crippen molar-refractivity contribution >= 4 is 34.6 Å². The van der Waals surface area contributed by atoms with E-state index in [0.717, 1.165) is 37.0 Å². The molecule has 0 bridgehead atoms. The van der Waals surface area contributed by atoms with Crippen LogP contribution in [0.15, 0.2) is 42.5 Å². The van der Waals surface area contributed by atoms with Crippen molar-refractivity contribution in [3.8, 4) is 0 Å². The molecule has 1 N–H and O–H groups in total. The van der Waals surface area contributed by atoms with Gasteiger partial charge in [-0.25, -0.2) is 4.39 Å². The number of benzene rings is 2. The van der Waals surface area contributed by atoms with Gasteiger partial charge in [-0.3, -0.25) is 4.90 Å². The zero-order valence-electron chi connectivity index (χ0n) is 14.1. The number of nitrogens with zero attached hydrogens (tertiary/aromatic N) is 2. The van der Waals surface area contributed by atoms with Crippen LogP contribution in [0.25, 0.3) is 0 Å². The van der Waals surface area contributed by atoms with Crippen LogP contribution in [0.4, 0.5) is 10.1 Å². The largest absolute Gasteiger partial charge is 0.346 e. The van der Waals surface area contributed by atoms with E-state index in [1.165, 1.54) is 11.6 Å². The van der Waals surface area contributed by atoms with Crippen molar-refractivity contribution in [2.75, 3.05) is 31.5 Å². The van der Waals surface area contributed by atoms with E-state index in [9.17, 15) is 4.39 Å². The Morgan fingerprint density at radius 1 is 1.12 bits per heavy atom. The molecule has 3 rings (SSSR count). The summed E-state index contributed by atoms with van der Waals surface area (Å²) >= 11 is 11.6. The molecule has 0 unspecified atom stereocenters. The van der Waals surface area contributed by atoms with E-state index in [1.807, 2.05) is 12.1 Å². The third kappa shape index (κ3) is 4.69. The number of halogens is 2. The maximum Gasteiger partial charge on any atom is 0.173 e. The molecule has 3 nitrogen and oxygen atoms in total. The van der Waals surface area contributed by atoms with E-state index in [4.69, 9.17) is 23.8 Å². The van der Waals surface area contributed by atoms with Crippen LogP contribution in [0.1, 0.15) is 11.1 Å². The highest BCUT2D eigenvalue weighted by molar-refractivity contribution is 7.80. The standard InChI is InChI=1S/C19H21ClFN3S/c1-14-5-7-15(8-6-14)22-19(25)24-11-9-23(10-12-24)13-16-17(20)3-2-4-18(16)21/h2-8H,9-13H2,1H3,(H,22,25). The van der Waals surface area contributed by atoms with Crippen LogP contribution in [0.2, 0.25) is 5.02 Å². The highest BCUT2D eigenvalue weighted by Crippen LogP contribution is 2.21. The summed E-state index contributed by atoms with van der Waals surface area (Å²) in [5, 5.41) is 4.49. The molecule has 2 aromatic carbocycles. The summed E-state index contributed by atoms with van der Waals surface area (Å²) < 4.78 is 13.9. The lowest BCUT2D eigenvalue weighted by Gasteiger charge is -2.36. The molecule has 0 spiro atoms. The minimum absolute atomic E-state index is 0.244. The van der Waals surface area contributed by atoms with Crippen molar-refractivity contribution in [2.24, 2.45) is 0 Å². The molecule has 2 aromatic rings. The maximum atomic E-state index is 13.9. The average molecular weight is 378 g/mol. The van der Waals surface area contributed by atoms with E-state index in [2.05, 4.69) is 34.2 Å². The Labute approximate surface area is 158 Å². The highest BCUT2D eigenvalue weighted by atomic mass is 35.5. The zero-order valence-corrected chi connectivity index (χ0v) is 15.7. The van der Waals surface area contributed by atoms with Gasteiger partial charge in [0.1, 0.15) is 5.82 Å². The van der Waals surface area contributed by atoms with E-state index < -0.39 is 0 Å². The van der Waals surface area contributed by atoms with Crippen LogP contribution in [-0.2, 0) is 6.54 Å². The van der Waals surface area contributed by atoms with E-state index in [1.54, 1.807) is 12.1 Å². The van der Waals surface area contributed by atoms with Gasteiger partial charge < -0.3 is 10.2 Å². The number of nitrogens with one attached hydrogen (secondary N) is 1. The van der Waals surface area contributed by atoms with Crippen molar-refractivity contribution < 1.29 is 4.39 Å². The van der Waals surface area contributed by atoms with Gasteiger partial charge in [-0.1, -0.05) is 35.4 Å². The Morgan fingerprint density at radius 3 is 2.44 bits per heavy atom. The number of anilines is 1. The third-order valence-corrected chi connectivity index (χ3v) is 5.12. The predicted molar refractivity (Wildman–Crippen MR) is 106 cm³/mol. The van der Waals surface area contributed by atoms with Crippen LogP contribution in [0.3, 0.4) is 0 Å².